The van der Waals surface area contributed by atoms with Crippen molar-refractivity contribution in [2.75, 3.05) is 11.9 Å². The number of nitrogens with one attached hydrogen (secondary N) is 2. The van der Waals surface area contributed by atoms with Crippen molar-refractivity contribution < 1.29 is 14.0 Å². The molecule has 1 aromatic carbocycles. The summed E-state index contributed by atoms with van der Waals surface area (Å²) in [6.07, 6.45) is 6.23. The summed E-state index contributed by atoms with van der Waals surface area (Å²) in [6.45, 7) is 8.27. The average Bonchev–Trinajstić information content (AvgIpc) is 3.53. The molecule has 32 heavy (non-hydrogen) atoms. The number of rotatable bonds is 8. The zero-order valence-corrected chi connectivity index (χ0v) is 17.8. The Morgan fingerprint density at radius 2 is 2.03 bits per heavy atom. The molecule has 2 fully saturated rings. The van der Waals surface area contributed by atoms with E-state index in [1.165, 1.54) is 12.1 Å². The van der Waals surface area contributed by atoms with Crippen LogP contribution in [0.5, 0.6) is 0 Å². The highest BCUT2D eigenvalue weighted by Gasteiger charge is 2.42. The normalized spacial score (nSPS) is 22.8. The number of benzene rings is 1. The van der Waals surface area contributed by atoms with Crippen molar-refractivity contribution in [3.8, 4) is 0 Å². The highest BCUT2D eigenvalue weighted by molar-refractivity contribution is 6.02. The van der Waals surface area contributed by atoms with Crippen LogP contribution in [0, 0.1) is 18.3 Å². The van der Waals surface area contributed by atoms with Gasteiger partial charge in [0.15, 0.2) is 5.82 Å². The van der Waals surface area contributed by atoms with Gasteiger partial charge >= 0.3 is 0 Å². The zero-order valence-electron chi connectivity index (χ0n) is 17.8. The molecular formula is C23H27FN6O2. The molecule has 0 bridgehead atoms. The van der Waals surface area contributed by atoms with Crippen LogP contribution >= 0.6 is 0 Å². The second-order valence-corrected chi connectivity index (χ2v) is 8.79. The largest absolute Gasteiger partial charge is 0.365 e. The van der Waals surface area contributed by atoms with E-state index in [-0.39, 0.29) is 41.6 Å². The van der Waals surface area contributed by atoms with E-state index in [1.54, 1.807) is 16.9 Å². The van der Waals surface area contributed by atoms with Gasteiger partial charge in [-0.05, 0) is 56.2 Å². The van der Waals surface area contributed by atoms with Crippen LogP contribution in [0.25, 0.3) is 4.85 Å². The summed E-state index contributed by atoms with van der Waals surface area (Å²) in [5.41, 5.74) is 6.01. The van der Waals surface area contributed by atoms with Crippen LogP contribution in [0.4, 0.5) is 10.2 Å². The van der Waals surface area contributed by atoms with E-state index in [1.807, 2.05) is 6.07 Å². The van der Waals surface area contributed by atoms with Crippen molar-refractivity contribution in [2.24, 2.45) is 11.7 Å². The maximum absolute atomic E-state index is 13.4. The summed E-state index contributed by atoms with van der Waals surface area (Å²) in [4.78, 5) is 27.8. The van der Waals surface area contributed by atoms with Crippen LogP contribution in [0.15, 0.2) is 30.5 Å². The molecule has 4 rings (SSSR count). The predicted molar refractivity (Wildman–Crippen MR) is 117 cm³/mol. The third-order valence-corrected chi connectivity index (χ3v) is 6.43. The van der Waals surface area contributed by atoms with Crippen LogP contribution in [-0.4, -0.2) is 34.2 Å². The van der Waals surface area contributed by atoms with Crippen LogP contribution in [0.1, 0.15) is 54.4 Å². The van der Waals surface area contributed by atoms with Crippen LogP contribution in [0.3, 0.4) is 0 Å². The second kappa shape index (κ2) is 9.09. The third-order valence-electron chi connectivity index (χ3n) is 6.43. The van der Waals surface area contributed by atoms with Crippen molar-refractivity contribution in [1.29, 1.82) is 0 Å². The number of nitrogens with two attached hydrogens (primary N) is 1. The van der Waals surface area contributed by atoms with Gasteiger partial charge in [-0.3, -0.25) is 14.3 Å². The second-order valence-electron chi connectivity index (χ2n) is 8.79. The molecule has 8 nitrogen and oxygen atoms in total. The standard InChI is InChI=1S/C23H27FN6O2/c1-26-14-23(9-7-18(8-10-23)27-12-15-3-2-4-17(24)11-15)30-13-19(20(25)31)21(29-30)28-22(32)16-5-6-16/h2-4,11,13,16,18,27H,5-10,12,14H2,(H2,25,31)(H,28,29,32). The van der Waals surface area contributed by atoms with E-state index < -0.39 is 11.4 Å². The lowest BCUT2D eigenvalue weighted by molar-refractivity contribution is -0.117. The Morgan fingerprint density at radius 3 is 2.66 bits per heavy atom. The maximum Gasteiger partial charge on any atom is 0.254 e. The first-order chi connectivity index (χ1) is 15.4. The smallest absolute Gasteiger partial charge is 0.254 e. The minimum Gasteiger partial charge on any atom is -0.365 e. The minimum absolute atomic E-state index is 0.0299. The molecule has 168 valence electrons. The Morgan fingerprint density at radius 1 is 1.28 bits per heavy atom. The van der Waals surface area contributed by atoms with Crippen LogP contribution < -0.4 is 16.4 Å². The van der Waals surface area contributed by atoms with Gasteiger partial charge in [-0.25, -0.2) is 11.0 Å². The Bertz CT molecular complexity index is 1050. The maximum atomic E-state index is 13.4. The van der Waals surface area contributed by atoms with Crippen molar-refractivity contribution in [3.63, 3.8) is 0 Å². The summed E-state index contributed by atoms with van der Waals surface area (Å²) in [5.74, 6) is -0.923. The fraction of sp³-hybridized carbons (Fsp3) is 0.478. The number of carbonyl (C=O) groups excluding carboxylic acids is 2. The Kier molecular flexibility index (Phi) is 6.24. The number of halogens is 1. The lowest BCUT2D eigenvalue weighted by Gasteiger charge is -2.37. The van der Waals surface area contributed by atoms with Crippen molar-refractivity contribution in [2.45, 2.75) is 56.7 Å². The fourth-order valence-corrected chi connectivity index (χ4v) is 4.33. The van der Waals surface area contributed by atoms with Gasteiger partial charge in [0.2, 0.25) is 12.5 Å². The monoisotopic (exact) mass is 438 g/mol. The van der Waals surface area contributed by atoms with Gasteiger partial charge in [0.25, 0.3) is 5.91 Å². The zero-order chi connectivity index (χ0) is 22.7. The fourth-order valence-electron chi connectivity index (χ4n) is 4.33. The molecule has 2 aliphatic carbocycles. The average molecular weight is 439 g/mol. The van der Waals surface area contributed by atoms with E-state index in [2.05, 4.69) is 20.6 Å². The topological polar surface area (TPSA) is 106 Å². The first kappa shape index (κ1) is 22.0. The quantitative estimate of drug-likeness (QED) is 0.551. The first-order valence-electron chi connectivity index (χ1n) is 10.9. The van der Waals surface area contributed by atoms with Gasteiger partial charge in [0.05, 0.1) is 0 Å². The van der Waals surface area contributed by atoms with E-state index in [4.69, 9.17) is 12.3 Å². The van der Waals surface area contributed by atoms with Crippen molar-refractivity contribution >= 4 is 17.6 Å². The van der Waals surface area contributed by atoms with Gasteiger partial charge in [0, 0.05) is 24.7 Å². The van der Waals surface area contributed by atoms with Crippen LogP contribution in [-0.2, 0) is 16.9 Å². The molecule has 2 aromatic rings. The van der Waals surface area contributed by atoms with E-state index in [0.717, 1.165) is 31.2 Å². The lowest BCUT2D eigenvalue weighted by Crippen LogP contribution is -2.45. The Balaban J connectivity index is 1.46. The Hall–Kier alpha value is -3.25. The molecular weight excluding hydrogens is 411 g/mol. The summed E-state index contributed by atoms with van der Waals surface area (Å²) in [6, 6.07) is 6.76. The molecule has 2 amide bonds. The first-order valence-corrected chi connectivity index (χ1v) is 10.9. The molecule has 0 aliphatic heterocycles. The number of carbonyl (C=O) groups is 2. The summed E-state index contributed by atoms with van der Waals surface area (Å²) in [5, 5.41) is 10.7. The molecule has 1 heterocycles. The van der Waals surface area contributed by atoms with E-state index in [0.29, 0.717) is 19.4 Å². The van der Waals surface area contributed by atoms with Gasteiger partial charge in [-0.1, -0.05) is 12.1 Å². The number of primary amides is 1. The molecule has 4 N–H and O–H groups in total. The lowest BCUT2D eigenvalue weighted by atomic mass is 9.79. The number of hydrogen-bond donors (Lipinski definition) is 3. The number of amides is 2. The summed E-state index contributed by atoms with van der Waals surface area (Å²) in [7, 11) is 0. The molecule has 0 spiro atoms. The van der Waals surface area contributed by atoms with Crippen molar-refractivity contribution in [1.82, 2.24) is 15.1 Å². The van der Waals surface area contributed by atoms with Gasteiger partial charge in [-0.15, -0.1) is 0 Å². The highest BCUT2D eigenvalue weighted by Crippen LogP contribution is 2.37. The van der Waals surface area contributed by atoms with Gasteiger partial charge in [0.1, 0.15) is 16.9 Å². The molecule has 0 unspecified atom stereocenters. The number of nitrogens with zero attached hydrogens (tertiary/aromatic N) is 3. The van der Waals surface area contributed by atoms with E-state index >= 15 is 0 Å². The molecule has 2 saturated carbocycles. The van der Waals surface area contributed by atoms with Gasteiger partial charge < -0.3 is 21.2 Å². The molecule has 1 aromatic heterocycles. The highest BCUT2D eigenvalue weighted by atomic mass is 19.1. The molecule has 9 heteroatoms. The van der Waals surface area contributed by atoms with Crippen LogP contribution in [0.2, 0.25) is 0 Å². The summed E-state index contributed by atoms with van der Waals surface area (Å²) >= 11 is 0. The molecule has 0 radical (unpaired) electrons. The Labute approximate surface area is 186 Å². The summed E-state index contributed by atoms with van der Waals surface area (Å²) < 4.78 is 15.1. The minimum atomic E-state index is -0.661. The SMILES string of the molecule is [C-]#[N+]CC1(n2cc(C(N)=O)c(NC(=O)C3CC3)n2)CCC(NCc2cccc(F)c2)CC1. The third kappa shape index (κ3) is 4.81. The molecule has 0 saturated heterocycles. The number of aromatic nitrogens is 2. The number of hydrogen-bond acceptors (Lipinski definition) is 4. The van der Waals surface area contributed by atoms with Crippen molar-refractivity contribution in [3.05, 3.63) is 58.8 Å². The molecule has 2 aliphatic rings. The molecule has 0 atom stereocenters. The number of anilines is 1. The predicted octanol–water partition coefficient (Wildman–Crippen LogP) is 2.82. The van der Waals surface area contributed by atoms with Gasteiger partial charge in [-0.2, -0.15) is 5.10 Å². The van der Waals surface area contributed by atoms with E-state index in [9.17, 15) is 14.0 Å².